The Balaban J connectivity index is 1.90. The second-order valence-corrected chi connectivity index (χ2v) is 5.07. The van der Waals surface area contributed by atoms with Gasteiger partial charge in [-0.15, -0.1) is 0 Å². The monoisotopic (exact) mass is 316 g/mol. The van der Waals surface area contributed by atoms with Crippen LogP contribution in [-0.4, -0.2) is 24.6 Å². The lowest BCUT2D eigenvalue weighted by molar-refractivity contribution is 0.336. The molecule has 1 heterocycles. The first kappa shape index (κ1) is 16.9. The van der Waals surface area contributed by atoms with Crippen molar-refractivity contribution < 1.29 is 9.15 Å². The van der Waals surface area contributed by atoms with E-state index >= 15 is 0 Å². The van der Waals surface area contributed by atoms with Gasteiger partial charge in [0.2, 0.25) is 5.89 Å². The Morgan fingerprint density at radius 1 is 1.22 bits per heavy atom. The Hall–Kier alpha value is -2.50. The number of para-hydroxylation sites is 1. The third-order valence-corrected chi connectivity index (χ3v) is 3.42. The van der Waals surface area contributed by atoms with Crippen LogP contribution in [-0.2, 0) is 13.1 Å². The van der Waals surface area contributed by atoms with Crippen LogP contribution in [0.15, 0.2) is 33.7 Å². The van der Waals surface area contributed by atoms with Gasteiger partial charge in [0.25, 0.3) is 0 Å². The van der Waals surface area contributed by atoms with Crippen LogP contribution in [0.25, 0.3) is 0 Å². The number of aromatic nitrogens is 1. The molecule has 0 saturated carbocycles. The number of nitrogens with zero attached hydrogens (tertiary/aromatic N) is 2. The average Bonchev–Trinajstić information content (AvgIpc) is 2.87. The fourth-order valence-corrected chi connectivity index (χ4v) is 2.12. The summed E-state index contributed by atoms with van der Waals surface area (Å²) >= 11 is 0. The van der Waals surface area contributed by atoms with Gasteiger partial charge in [-0.3, -0.25) is 4.99 Å². The molecular weight excluding hydrogens is 292 g/mol. The van der Waals surface area contributed by atoms with Crippen LogP contribution >= 0.6 is 0 Å². The van der Waals surface area contributed by atoms with Crippen LogP contribution in [0.1, 0.15) is 29.8 Å². The fraction of sp³-hybridized carbons (Fsp3) is 0.412. The summed E-state index contributed by atoms with van der Waals surface area (Å²) in [4.78, 5) is 8.55. The molecule has 0 unspecified atom stereocenters. The summed E-state index contributed by atoms with van der Waals surface area (Å²) in [7, 11) is 1.73. The van der Waals surface area contributed by atoms with Crippen molar-refractivity contribution in [1.29, 1.82) is 0 Å². The van der Waals surface area contributed by atoms with Crippen molar-refractivity contribution in [1.82, 2.24) is 15.6 Å². The molecule has 1 aromatic heterocycles. The van der Waals surface area contributed by atoms with Crippen molar-refractivity contribution in [2.24, 2.45) is 4.99 Å². The van der Waals surface area contributed by atoms with Crippen molar-refractivity contribution in [3.05, 3.63) is 47.2 Å². The van der Waals surface area contributed by atoms with Gasteiger partial charge >= 0.3 is 0 Å². The Bertz CT molecular complexity index is 645. The maximum atomic E-state index is 5.62. The molecule has 124 valence electrons. The summed E-state index contributed by atoms with van der Waals surface area (Å²) in [5, 5.41) is 6.46. The van der Waals surface area contributed by atoms with Crippen LogP contribution < -0.4 is 15.4 Å². The number of guanidine groups is 1. The summed E-state index contributed by atoms with van der Waals surface area (Å²) < 4.78 is 11.2. The number of nitrogens with one attached hydrogen (secondary N) is 2. The number of rotatable bonds is 6. The zero-order valence-corrected chi connectivity index (χ0v) is 14.1. The first-order valence-electron chi connectivity index (χ1n) is 7.72. The highest BCUT2D eigenvalue weighted by Gasteiger charge is 2.07. The molecule has 0 aliphatic heterocycles. The smallest absolute Gasteiger partial charge is 0.214 e. The summed E-state index contributed by atoms with van der Waals surface area (Å²) in [5.74, 6) is 3.06. The minimum atomic E-state index is 0.488. The van der Waals surface area contributed by atoms with Crippen LogP contribution in [0.4, 0.5) is 0 Å². The SMILES string of the molecule is CCOc1ccccc1CNC(=NC)NCc1nc(C)c(C)o1. The fourth-order valence-electron chi connectivity index (χ4n) is 2.12. The molecule has 0 bridgehead atoms. The van der Waals surface area contributed by atoms with E-state index < -0.39 is 0 Å². The van der Waals surface area contributed by atoms with Crippen LogP contribution in [0.3, 0.4) is 0 Å². The van der Waals surface area contributed by atoms with Gasteiger partial charge in [-0.2, -0.15) is 0 Å². The molecule has 0 spiro atoms. The Kier molecular flexibility index (Phi) is 6.02. The molecule has 0 aliphatic carbocycles. The summed E-state index contributed by atoms with van der Waals surface area (Å²) in [5.41, 5.74) is 2.00. The van der Waals surface area contributed by atoms with Crippen molar-refractivity contribution >= 4 is 5.96 Å². The topological polar surface area (TPSA) is 71.7 Å². The Morgan fingerprint density at radius 2 is 1.96 bits per heavy atom. The van der Waals surface area contributed by atoms with Gasteiger partial charge in [0.1, 0.15) is 11.5 Å². The normalized spacial score (nSPS) is 11.4. The third kappa shape index (κ3) is 4.74. The number of hydrogen-bond donors (Lipinski definition) is 2. The zero-order valence-electron chi connectivity index (χ0n) is 14.1. The van der Waals surface area contributed by atoms with Gasteiger partial charge < -0.3 is 19.8 Å². The number of oxazole rings is 1. The lowest BCUT2D eigenvalue weighted by Gasteiger charge is -2.13. The molecule has 23 heavy (non-hydrogen) atoms. The predicted octanol–water partition coefficient (Wildman–Crippen LogP) is 2.56. The molecule has 2 N–H and O–H groups in total. The Morgan fingerprint density at radius 3 is 2.61 bits per heavy atom. The van der Waals surface area contributed by atoms with Crippen LogP contribution in [0.5, 0.6) is 5.75 Å². The standard InChI is InChI=1S/C17H24N4O2/c1-5-22-15-9-7-6-8-14(15)10-19-17(18-4)20-11-16-21-12(2)13(3)23-16/h6-9H,5,10-11H2,1-4H3,(H2,18,19,20). The first-order valence-corrected chi connectivity index (χ1v) is 7.72. The average molecular weight is 316 g/mol. The van der Waals surface area contributed by atoms with E-state index in [-0.39, 0.29) is 0 Å². The largest absolute Gasteiger partial charge is 0.494 e. The maximum absolute atomic E-state index is 5.62. The van der Waals surface area contributed by atoms with E-state index in [2.05, 4.69) is 20.6 Å². The molecule has 0 saturated heterocycles. The molecule has 0 aliphatic rings. The predicted molar refractivity (Wildman–Crippen MR) is 90.6 cm³/mol. The molecule has 2 rings (SSSR count). The van der Waals surface area contributed by atoms with E-state index in [1.54, 1.807) is 7.05 Å². The molecular formula is C17H24N4O2. The summed E-state index contributed by atoms with van der Waals surface area (Å²) in [6, 6.07) is 7.96. The highest BCUT2D eigenvalue weighted by molar-refractivity contribution is 5.79. The number of benzene rings is 1. The highest BCUT2D eigenvalue weighted by Crippen LogP contribution is 2.17. The molecule has 0 radical (unpaired) electrons. The molecule has 1 aromatic carbocycles. The minimum Gasteiger partial charge on any atom is -0.494 e. The minimum absolute atomic E-state index is 0.488. The first-order chi connectivity index (χ1) is 11.1. The van der Waals surface area contributed by atoms with Gasteiger partial charge in [-0.1, -0.05) is 18.2 Å². The lowest BCUT2D eigenvalue weighted by atomic mass is 10.2. The van der Waals surface area contributed by atoms with E-state index in [0.29, 0.717) is 31.5 Å². The number of aryl methyl sites for hydroxylation is 2. The van der Waals surface area contributed by atoms with Crippen molar-refractivity contribution in [3.63, 3.8) is 0 Å². The second-order valence-electron chi connectivity index (χ2n) is 5.07. The molecule has 6 heteroatoms. The van der Waals surface area contributed by atoms with E-state index in [1.165, 1.54) is 0 Å². The number of aliphatic imine (C=N–C) groups is 1. The summed E-state index contributed by atoms with van der Waals surface area (Å²) in [6.07, 6.45) is 0. The lowest BCUT2D eigenvalue weighted by Crippen LogP contribution is -2.36. The summed E-state index contributed by atoms with van der Waals surface area (Å²) in [6.45, 7) is 7.57. The second kappa shape index (κ2) is 8.22. The van der Waals surface area contributed by atoms with Crippen molar-refractivity contribution in [3.8, 4) is 5.75 Å². The quantitative estimate of drug-likeness (QED) is 0.633. The van der Waals surface area contributed by atoms with Gasteiger partial charge in [0.05, 0.1) is 18.8 Å². The highest BCUT2D eigenvalue weighted by atomic mass is 16.5. The van der Waals surface area contributed by atoms with Crippen molar-refractivity contribution in [2.45, 2.75) is 33.9 Å². The zero-order chi connectivity index (χ0) is 16.7. The van der Waals surface area contributed by atoms with Crippen LogP contribution in [0.2, 0.25) is 0 Å². The third-order valence-electron chi connectivity index (χ3n) is 3.42. The Labute approximate surface area is 137 Å². The molecule has 6 nitrogen and oxygen atoms in total. The molecule has 0 amide bonds. The van der Waals surface area contributed by atoms with E-state index in [4.69, 9.17) is 9.15 Å². The van der Waals surface area contributed by atoms with Crippen molar-refractivity contribution in [2.75, 3.05) is 13.7 Å². The maximum Gasteiger partial charge on any atom is 0.214 e. The van der Waals surface area contributed by atoms with E-state index in [0.717, 1.165) is 22.8 Å². The van der Waals surface area contributed by atoms with Gasteiger partial charge in [0.15, 0.2) is 5.96 Å². The van der Waals surface area contributed by atoms with Gasteiger partial charge in [-0.25, -0.2) is 4.98 Å². The van der Waals surface area contributed by atoms with E-state index in [9.17, 15) is 0 Å². The molecule has 2 aromatic rings. The molecule has 0 fully saturated rings. The van der Waals surface area contributed by atoms with Crippen LogP contribution in [0, 0.1) is 13.8 Å². The van der Waals surface area contributed by atoms with Gasteiger partial charge in [0, 0.05) is 19.2 Å². The van der Waals surface area contributed by atoms with Gasteiger partial charge in [-0.05, 0) is 26.8 Å². The number of hydrogen-bond acceptors (Lipinski definition) is 4. The molecule has 0 atom stereocenters. The number of ether oxygens (including phenoxy) is 1. The van der Waals surface area contributed by atoms with E-state index in [1.807, 2.05) is 45.0 Å².